The van der Waals surface area contributed by atoms with Crippen LogP contribution in [-0.4, -0.2) is 41.1 Å². The van der Waals surface area contributed by atoms with Gasteiger partial charge in [-0.1, -0.05) is 6.08 Å². The van der Waals surface area contributed by atoms with Crippen LogP contribution < -0.4 is 11.1 Å². The highest BCUT2D eigenvalue weighted by Crippen LogP contribution is 2.01. The van der Waals surface area contributed by atoms with E-state index in [9.17, 15) is 9.59 Å². The number of thioether (sulfide) groups is 1. The van der Waals surface area contributed by atoms with Crippen molar-refractivity contribution in [1.82, 2.24) is 5.32 Å². The molecule has 0 spiro atoms. The summed E-state index contributed by atoms with van der Waals surface area (Å²) >= 11 is 1.20. The van der Waals surface area contributed by atoms with Gasteiger partial charge in [0.15, 0.2) is 0 Å². The lowest BCUT2D eigenvalue weighted by Gasteiger charge is -2.05. The molecule has 0 aliphatic heterocycles. The summed E-state index contributed by atoms with van der Waals surface area (Å²) in [5.41, 5.74) is 5.23. The fraction of sp³-hybridized carbons (Fsp3) is 0.500. The van der Waals surface area contributed by atoms with Crippen LogP contribution in [0.15, 0.2) is 12.7 Å². The standard InChI is InChI=1S/C8H14N2O3S/c1-2-3-10-7(11)5-14-4-6(9)8(12)13/h2,6H,1,3-5,9H2,(H,10,11)(H,12,13)/t6-/m1/s1. The Bertz CT molecular complexity index is 221. The van der Waals surface area contributed by atoms with Crippen LogP contribution in [0.5, 0.6) is 0 Å². The molecule has 80 valence electrons. The third kappa shape index (κ3) is 6.50. The molecule has 0 bridgehead atoms. The van der Waals surface area contributed by atoms with Gasteiger partial charge in [0.2, 0.25) is 5.91 Å². The van der Waals surface area contributed by atoms with Crippen molar-refractivity contribution in [3.05, 3.63) is 12.7 Å². The van der Waals surface area contributed by atoms with E-state index in [1.807, 2.05) is 0 Å². The Morgan fingerprint density at radius 3 is 2.79 bits per heavy atom. The van der Waals surface area contributed by atoms with Gasteiger partial charge in [-0.05, 0) is 0 Å². The summed E-state index contributed by atoms with van der Waals surface area (Å²) in [6, 6.07) is -0.910. The molecular weight excluding hydrogens is 204 g/mol. The smallest absolute Gasteiger partial charge is 0.321 e. The van der Waals surface area contributed by atoms with Gasteiger partial charge in [0.1, 0.15) is 6.04 Å². The number of amides is 1. The van der Waals surface area contributed by atoms with E-state index in [0.29, 0.717) is 6.54 Å². The summed E-state index contributed by atoms with van der Waals surface area (Å²) in [5.74, 6) is -0.748. The number of nitrogens with one attached hydrogen (secondary N) is 1. The van der Waals surface area contributed by atoms with Crippen LogP contribution in [0.4, 0.5) is 0 Å². The second-order valence-electron chi connectivity index (χ2n) is 2.55. The summed E-state index contributed by atoms with van der Waals surface area (Å²) in [5, 5.41) is 11.0. The first-order valence-corrected chi connectivity index (χ1v) is 5.17. The predicted molar refractivity (Wildman–Crippen MR) is 56.1 cm³/mol. The number of carbonyl (C=O) groups is 2. The molecule has 1 atom stereocenters. The van der Waals surface area contributed by atoms with Gasteiger partial charge in [0.25, 0.3) is 0 Å². The van der Waals surface area contributed by atoms with Crippen molar-refractivity contribution in [2.24, 2.45) is 5.73 Å². The average molecular weight is 218 g/mol. The van der Waals surface area contributed by atoms with Crippen LogP contribution >= 0.6 is 11.8 Å². The minimum Gasteiger partial charge on any atom is -0.480 e. The molecule has 14 heavy (non-hydrogen) atoms. The highest BCUT2D eigenvalue weighted by molar-refractivity contribution is 8.00. The van der Waals surface area contributed by atoms with Gasteiger partial charge in [-0.3, -0.25) is 9.59 Å². The minimum atomic E-state index is -1.05. The third-order valence-electron chi connectivity index (χ3n) is 1.29. The SMILES string of the molecule is C=CCNC(=O)CSC[C@@H](N)C(=O)O. The topological polar surface area (TPSA) is 92.4 Å². The van der Waals surface area contributed by atoms with Gasteiger partial charge in [-0.2, -0.15) is 0 Å². The molecule has 0 aliphatic rings. The summed E-state index contributed by atoms with van der Waals surface area (Å²) in [6.07, 6.45) is 1.57. The van der Waals surface area contributed by atoms with E-state index in [-0.39, 0.29) is 17.4 Å². The van der Waals surface area contributed by atoms with Gasteiger partial charge in [0, 0.05) is 12.3 Å². The van der Waals surface area contributed by atoms with E-state index in [2.05, 4.69) is 11.9 Å². The van der Waals surface area contributed by atoms with Crippen LogP contribution in [0, 0.1) is 0 Å². The average Bonchev–Trinajstić information content (AvgIpc) is 2.14. The fourth-order valence-corrected chi connectivity index (χ4v) is 1.39. The maximum atomic E-state index is 11.0. The molecule has 6 heteroatoms. The van der Waals surface area contributed by atoms with Crippen molar-refractivity contribution in [3.8, 4) is 0 Å². The zero-order valence-corrected chi connectivity index (χ0v) is 8.55. The molecule has 0 saturated carbocycles. The molecule has 0 aromatic rings. The molecule has 0 aromatic heterocycles. The van der Waals surface area contributed by atoms with E-state index in [1.165, 1.54) is 11.8 Å². The van der Waals surface area contributed by atoms with Gasteiger partial charge < -0.3 is 16.2 Å². The lowest BCUT2D eigenvalue weighted by atomic mass is 10.4. The van der Waals surface area contributed by atoms with Crippen LogP contribution in [0.1, 0.15) is 0 Å². The zero-order valence-electron chi connectivity index (χ0n) is 7.73. The molecule has 0 aliphatic carbocycles. The number of carbonyl (C=O) groups excluding carboxylic acids is 1. The van der Waals surface area contributed by atoms with Crippen LogP contribution in [0.25, 0.3) is 0 Å². The van der Waals surface area contributed by atoms with Gasteiger partial charge in [0.05, 0.1) is 5.75 Å². The largest absolute Gasteiger partial charge is 0.480 e. The van der Waals surface area contributed by atoms with Crippen molar-refractivity contribution in [2.75, 3.05) is 18.1 Å². The quantitative estimate of drug-likeness (QED) is 0.498. The number of hydrogen-bond acceptors (Lipinski definition) is 4. The van der Waals surface area contributed by atoms with E-state index < -0.39 is 12.0 Å². The first kappa shape index (κ1) is 13.0. The third-order valence-corrected chi connectivity index (χ3v) is 2.35. The summed E-state index contributed by atoms with van der Waals surface area (Å²) in [7, 11) is 0. The maximum Gasteiger partial charge on any atom is 0.321 e. The van der Waals surface area contributed by atoms with Crippen molar-refractivity contribution in [1.29, 1.82) is 0 Å². The van der Waals surface area contributed by atoms with Crippen molar-refractivity contribution in [2.45, 2.75) is 6.04 Å². The minimum absolute atomic E-state index is 0.146. The highest BCUT2D eigenvalue weighted by Gasteiger charge is 2.11. The Kier molecular flexibility index (Phi) is 6.87. The van der Waals surface area contributed by atoms with Gasteiger partial charge >= 0.3 is 5.97 Å². The number of carboxylic acids is 1. The summed E-state index contributed by atoms with van der Waals surface area (Å²) in [4.78, 5) is 21.3. The Morgan fingerprint density at radius 1 is 1.64 bits per heavy atom. The predicted octanol–water partition coefficient (Wildman–Crippen LogP) is -0.566. The first-order valence-electron chi connectivity index (χ1n) is 4.01. The van der Waals surface area contributed by atoms with Crippen LogP contribution in [0.2, 0.25) is 0 Å². The normalized spacial score (nSPS) is 11.8. The Balaban J connectivity index is 3.48. The highest BCUT2D eigenvalue weighted by atomic mass is 32.2. The van der Waals surface area contributed by atoms with Crippen molar-refractivity contribution < 1.29 is 14.7 Å². The molecule has 0 saturated heterocycles. The number of aliphatic carboxylic acids is 1. The molecule has 4 N–H and O–H groups in total. The lowest BCUT2D eigenvalue weighted by molar-refractivity contribution is -0.137. The Hall–Kier alpha value is -1.01. The van der Waals surface area contributed by atoms with E-state index in [0.717, 1.165) is 0 Å². The summed E-state index contributed by atoms with van der Waals surface area (Å²) < 4.78 is 0. The molecule has 0 unspecified atom stereocenters. The summed E-state index contributed by atoms with van der Waals surface area (Å²) in [6.45, 7) is 3.87. The molecule has 5 nitrogen and oxygen atoms in total. The van der Waals surface area contributed by atoms with E-state index >= 15 is 0 Å². The molecule has 1 amide bonds. The first-order chi connectivity index (χ1) is 6.57. The molecular formula is C8H14N2O3S. The van der Waals surface area contributed by atoms with Crippen molar-refractivity contribution in [3.63, 3.8) is 0 Å². The number of nitrogens with two attached hydrogens (primary N) is 1. The Morgan fingerprint density at radius 2 is 2.29 bits per heavy atom. The fourth-order valence-electron chi connectivity index (χ4n) is 0.587. The van der Waals surface area contributed by atoms with Crippen LogP contribution in [0.3, 0.4) is 0 Å². The number of carboxylic acid groups (broad SMARTS) is 1. The molecule has 0 rings (SSSR count). The van der Waals surface area contributed by atoms with Gasteiger partial charge in [-0.25, -0.2) is 0 Å². The van der Waals surface area contributed by atoms with Crippen molar-refractivity contribution >= 4 is 23.6 Å². The second-order valence-corrected chi connectivity index (χ2v) is 3.58. The second kappa shape index (κ2) is 7.40. The van der Waals surface area contributed by atoms with Crippen LogP contribution in [-0.2, 0) is 9.59 Å². The van der Waals surface area contributed by atoms with E-state index in [4.69, 9.17) is 10.8 Å². The lowest BCUT2D eigenvalue weighted by Crippen LogP contribution is -2.33. The maximum absolute atomic E-state index is 11.0. The Labute approximate surface area is 86.7 Å². The number of hydrogen-bond donors (Lipinski definition) is 3. The molecule has 0 aromatic carbocycles. The molecule has 0 radical (unpaired) electrons. The van der Waals surface area contributed by atoms with E-state index in [1.54, 1.807) is 6.08 Å². The monoisotopic (exact) mass is 218 g/mol. The zero-order chi connectivity index (χ0) is 11.0. The number of rotatable bonds is 7. The molecule has 0 fully saturated rings. The van der Waals surface area contributed by atoms with Gasteiger partial charge in [-0.15, -0.1) is 18.3 Å². The molecule has 0 heterocycles.